The average Bonchev–Trinajstić information content (AvgIpc) is 3.16. The Bertz CT molecular complexity index is 392. The van der Waals surface area contributed by atoms with Crippen LogP contribution >= 0.6 is 0 Å². The summed E-state index contributed by atoms with van der Waals surface area (Å²) in [6, 6.07) is 4.36. The quantitative estimate of drug-likeness (QED) is 0.615. The Morgan fingerprint density at radius 2 is 1.94 bits per heavy atom. The van der Waals surface area contributed by atoms with Crippen molar-refractivity contribution in [1.82, 2.24) is 0 Å². The second-order valence-corrected chi connectivity index (χ2v) is 3.08. The molecular weight excluding hydrogens is 208 g/mol. The minimum Gasteiger partial charge on any atom is -0.507 e. The van der Waals surface area contributed by atoms with Crippen LogP contribution in [0.3, 0.4) is 0 Å². The lowest BCUT2D eigenvalue weighted by atomic mass is 10.2. The molecule has 1 aromatic carbocycles. The zero-order valence-corrected chi connectivity index (χ0v) is 9.27. The zero-order valence-electron chi connectivity index (χ0n) is 9.27. The Hall–Kier alpha value is -1.97. The highest BCUT2D eigenvalue weighted by Gasteiger charge is 2.11. The van der Waals surface area contributed by atoms with Crippen LogP contribution in [0.4, 0.5) is 0 Å². The van der Waals surface area contributed by atoms with Crippen LogP contribution in [0.2, 0.25) is 0 Å². The van der Waals surface area contributed by atoms with E-state index in [1.807, 2.05) is 0 Å². The molecule has 1 aliphatic carbocycles. The van der Waals surface area contributed by atoms with Gasteiger partial charge in [0.05, 0.1) is 14.2 Å². The number of phenols is 1. The van der Waals surface area contributed by atoms with Crippen molar-refractivity contribution in [2.45, 2.75) is 6.42 Å². The SMILES string of the molecule is C1=CC1.COC(=O)c1cc(OC)ccc1O. The van der Waals surface area contributed by atoms with Crippen LogP contribution in [0, 0.1) is 0 Å². The van der Waals surface area contributed by atoms with Gasteiger partial charge in [-0.2, -0.15) is 0 Å². The van der Waals surface area contributed by atoms with Gasteiger partial charge in [-0.15, -0.1) is 0 Å². The molecule has 1 aromatic rings. The topological polar surface area (TPSA) is 55.8 Å². The summed E-state index contributed by atoms with van der Waals surface area (Å²) < 4.78 is 9.35. The molecule has 0 atom stereocenters. The molecule has 2 rings (SSSR count). The van der Waals surface area contributed by atoms with Gasteiger partial charge in [-0.1, -0.05) is 12.2 Å². The van der Waals surface area contributed by atoms with Gasteiger partial charge >= 0.3 is 5.97 Å². The lowest BCUT2D eigenvalue weighted by Gasteiger charge is -2.04. The van der Waals surface area contributed by atoms with E-state index in [2.05, 4.69) is 16.9 Å². The van der Waals surface area contributed by atoms with Crippen molar-refractivity contribution in [3.8, 4) is 11.5 Å². The van der Waals surface area contributed by atoms with Crippen LogP contribution in [0.5, 0.6) is 11.5 Å². The van der Waals surface area contributed by atoms with E-state index in [4.69, 9.17) is 4.74 Å². The minimum absolute atomic E-state index is 0.0989. The molecule has 0 saturated heterocycles. The maximum Gasteiger partial charge on any atom is 0.341 e. The van der Waals surface area contributed by atoms with Crippen LogP contribution in [-0.2, 0) is 4.74 Å². The molecule has 86 valence electrons. The number of carbonyl (C=O) groups is 1. The van der Waals surface area contributed by atoms with Gasteiger partial charge < -0.3 is 14.6 Å². The molecule has 0 aliphatic heterocycles. The van der Waals surface area contributed by atoms with Crippen molar-refractivity contribution < 1.29 is 19.4 Å². The van der Waals surface area contributed by atoms with E-state index in [0.29, 0.717) is 5.75 Å². The first-order valence-corrected chi connectivity index (χ1v) is 4.79. The van der Waals surface area contributed by atoms with Crippen molar-refractivity contribution in [3.05, 3.63) is 35.9 Å². The van der Waals surface area contributed by atoms with E-state index in [9.17, 15) is 9.90 Å². The van der Waals surface area contributed by atoms with Gasteiger partial charge in [-0.3, -0.25) is 0 Å². The summed E-state index contributed by atoms with van der Waals surface area (Å²) in [6.45, 7) is 0. The average molecular weight is 222 g/mol. The van der Waals surface area contributed by atoms with Gasteiger partial charge in [0.15, 0.2) is 0 Å². The Balaban J connectivity index is 0.000000365. The van der Waals surface area contributed by atoms with E-state index in [0.717, 1.165) is 0 Å². The van der Waals surface area contributed by atoms with Crippen molar-refractivity contribution in [1.29, 1.82) is 0 Å². The summed E-state index contributed by atoms with van der Waals surface area (Å²) in [5, 5.41) is 9.28. The van der Waals surface area contributed by atoms with Crippen molar-refractivity contribution >= 4 is 5.97 Å². The zero-order chi connectivity index (χ0) is 12.0. The molecule has 16 heavy (non-hydrogen) atoms. The predicted octanol–water partition coefficient (Wildman–Crippen LogP) is 2.13. The Morgan fingerprint density at radius 3 is 2.38 bits per heavy atom. The first-order chi connectivity index (χ1) is 7.69. The molecule has 4 nitrogen and oxygen atoms in total. The standard InChI is InChI=1S/C9H10O4.C3H4/c1-12-6-3-4-8(10)7(5-6)9(11)13-2;1-2-3-1/h3-5,10H,1-2H3;1-2H,3H2. The van der Waals surface area contributed by atoms with Crippen LogP contribution in [0.25, 0.3) is 0 Å². The fourth-order valence-corrected chi connectivity index (χ4v) is 0.916. The van der Waals surface area contributed by atoms with Gasteiger partial charge in [-0.25, -0.2) is 4.79 Å². The first kappa shape index (κ1) is 12.1. The Morgan fingerprint density at radius 1 is 1.31 bits per heavy atom. The van der Waals surface area contributed by atoms with E-state index in [1.165, 1.54) is 32.8 Å². The number of hydrogen-bond acceptors (Lipinski definition) is 4. The number of methoxy groups -OCH3 is 2. The molecule has 0 radical (unpaired) electrons. The number of phenolic OH excluding ortho intramolecular Hbond substituents is 1. The molecule has 1 aliphatic rings. The molecule has 4 heteroatoms. The molecule has 0 spiro atoms. The van der Waals surface area contributed by atoms with E-state index >= 15 is 0 Å². The molecular formula is C12H14O4. The fraction of sp³-hybridized carbons (Fsp3) is 0.250. The number of hydrogen-bond donors (Lipinski definition) is 1. The summed E-state index contributed by atoms with van der Waals surface area (Å²) in [5.41, 5.74) is 0.0989. The molecule has 1 N–H and O–H groups in total. The van der Waals surface area contributed by atoms with Crippen molar-refractivity contribution in [2.24, 2.45) is 0 Å². The predicted molar refractivity (Wildman–Crippen MR) is 59.8 cm³/mol. The number of allylic oxidation sites excluding steroid dienone is 2. The number of rotatable bonds is 2. The second kappa shape index (κ2) is 5.80. The van der Waals surface area contributed by atoms with Crippen LogP contribution < -0.4 is 4.74 Å². The summed E-state index contributed by atoms with van der Waals surface area (Å²) in [5.74, 6) is -0.206. The van der Waals surface area contributed by atoms with Gasteiger partial charge in [0.25, 0.3) is 0 Å². The van der Waals surface area contributed by atoms with Gasteiger partial charge in [-0.05, 0) is 24.6 Å². The molecule has 0 unspecified atom stereocenters. The van der Waals surface area contributed by atoms with Crippen LogP contribution in [-0.4, -0.2) is 25.3 Å². The highest BCUT2D eigenvalue weighted by Crippen LogP contribution is 2.23. The molecule has 0 bridgehead atoms. The molecule has 0 saturated carbocycles. The molecule has 0 amide bonds. The smallest absolute Gasteiger partial charge is 0.341 e. The normalized spacial score (nSPS) is 11.1. The number of esters is 1. The summed E-state index contributed by atoms with van der Waals surface area (Å²) in [7, 11) is 2.73. The number of ether oxygens (including phenoxy) is 2. The van der Waals surface area contributed by atoms with E-state index in [1.54, 1.807) is 6.07 Å². The highest BCUT2D eigenvalue weighted by atomic mass is 16.5. The summed E-state index contributed by atoms with van der Waals surface area (Å²) in [4.78, 5) is 11.1. The fourth-order valence-electron chi connectivity index (χ4n) is 0.916. The third kappa shape index (κ3) is 3.65. The molecule has 0 heterocycles. The first-order valence-electron chi connectivity index (χ1n) is 4.79. The van der Waals surface area contributed by atoms with Gasteiger partial charge in [0, 0.05) is 0 Å². The van der Waals surface area contributed by atoms with Crippen molar-refractivity contribution in [2.75, 3.05) is 14.2 Å². The largest absolute Gasteiger partial charge is 0.507 e. The molecule has 0 fully saturated rings. The van der Waals surface area contributed by atoms with E-state index < -0.39 is 5.97 Å². The third-order valence-electron chi connectivity index (χ3n) is 1.84. The maximum absolute atomic E-state index is 11.1. The van der Waals surface area contributed by atoms with Crippen LogP contribution in [0.15, 0.2) is 30.4 Å². The maximum atomic E-state index is 11.1. The highest BCUT2D eigenvalue weighted by molar-refractivity contribution is 5.92. The van der Waals surface area contributed by atoms with Crippen LogP contribution in [0.1, 0.15) is 16.8 Å². The Kier molecular flexibility index (Phi) is 4.39. The monoisotopic (exact) mass is 222 g/mol. The second-order valence-electron chi connectivity index (χ2n) is 3.08. The number of benzene rings is 1. The van der Waals surface area contributed by atoms with E-state index in [-0.39, 0.29) is 11.3 Å². The number of carbonyl (C=O) groups excluding carboxylic acids is 1. The Labute approximate surface area is 94.1 Å². The number of aromatic hydroxyl groups is 1. The minimum atomic E-state index is -0.587. The molecule has 0 aromatic heterocycles. The lowest BCUT2D eigenvalue weighted by Crippen LogP contribution is -2.01. The van der Waals surface area contributed by atoms with Gasteiger partial charge in [0.2, 0.25) is 0 Å². The third-order valence-corrected chi connectivity index (χ3v) is 1.84. The summed E-state index contributed by atoms with van der Waals surface area (Å²) in [6.07, 6.45) is 5.50. The van der Waals surface area contributed by atoms with Crippen molar-refractivity contribution in [3.63, 3.8) is 0 Å². The lowest BCUT2D eigenvalue weighted by molar-refractivity contribution is 0.0597. The summed E-state index contributed by atoms with van der Waals surface area (Å²) >= 11 is 0. The van der Waals surface area contributed by atoms with Gasteiger partial charge in [0.1, 0.15) is 17.1 Å².